The van der Waals surface area contributed by atoms with Gasteiger partial charge in [-0.05, 0) is 29.8 Å². The Hall–Kier alpha value is -3.68. The van der Waals surface area contributed by atoms with Gasteiger partial charge in [0.25, 0.3) is 5.91 Å². The number of carbonyl (C=O) groups excluding carboxylic acids is 3. The number of amides is 2. The average molecular weight is 397 g/mol. The van der Waals surface area contributed by atoms with E-state index in [0.29, 0.717) is 0 Å². The molecule has 0 fully saturated rings. The Morgan fingerprint density at radius 2 is 1.93 bits per heavy atom. The summed E-state index contributed by atoms with van der Waals surface area (Å²) in [4.78, 5) is 39.1. The van der Waals surface area contributed by atoms with Crippen LogP contribution in [0, 0.1) is 5.82 Å². The van der Waals surface area contributed by atoms with Crippen LogP contribution < -0.4 is 10.6 Å². The summed E-state index contributed by atoms with van der Waals surface area (Å²) in [6.07, 6.45) is 1.97. The number of aromatic amines is 1. The SMILES string of the molecule is CC(=O)N[C@@H](Cc1c[nH]c2ccccc12)C(=O)OCC(=O)Nc1cccc(F)c1. The van der Waals surface area contributed by atoms with Crippen LogP contribution in [0.4, 0.5) is 10.1 Å². The highest BCUT2D eigenvalue weighted by Gasteiger charge is 2.23. The number of aromatic nitrogens is 1. The molecule has 3 rings (SSSR count). The lowest BCUT2D eigenvalue weighted by molar-refractivity contribution is -0.150. The number of carbonyl (C=O) groups is 3. The lowest BCUT2D eigenvalue weighted by Gasteiger charge is -2.16. The van der Waals surface area contributed by atoms with Crippen LogP contribution in [0.2, 0.25) is 0 Å². The lowest BCUT2D eigenvalue weighted by Crippen LogP contribution is -2.43. The zero-order valence-corrected chi connectivity index (χ0v) is 15.7. The fourth-order valence-corrected chi connectivity index (χ4v) is 2.96. The third-order valence-corrected chi connectivity index (χ3v) is 4.21. The molecule has 0 radical (unpaired) electrons. The maximum Gasteiger partial charge on any atom is 0.329 e. The van der Waals surface area contributed by atoms with E-state index in [2.05, 4.69) is 15.6 Å². The smallest absolute Gasteiger partial charge is 0.329 e. The lowest BCUT2D eigenvalue weighted by atomic mass is 10.0. The second kappa shape index (κ2) is 9.01. The number of ether oxygens (including phenoxy) is 1. The molecule has 29 heavy (non-hydrogen) atoms. The first kappa shape index (κ1) is 20.1. The molecule has 1 atom stereocenters. The Morgan fingerprint density at radius 1 is 1.14 bits per heavy atom. The van der Waals surface area contributed by atoms with E-state index < -0.39 is 36.2 Å². The second-order valence-corrected chi connectivity index (χ2v) is 6.48. The number of nitrogens with one attached hydrogen (secondary N) is 3. The van der Waals surface area contributed by atoms with Gasteiger partial charge in [0.2, 0.25) is 5.91 Å². The zero-order valence-electron chi connectivity index (χ0n) is 15.7. The van der Waals surface area contributed by atoms with E-state index in [9.17, 15) is 18.8 Å². The Bertz CT molecular complexity index is 1050. The summed E-state index contributed by atoms with van der Waals surface area (Å²) in [5, 5.41) is 5.92. The average Bonchev–Trinajstić information content (AvgIpc) is 3.08. The van der Waals surface area contributed by atoms with E-state index in [1.54, 1.807) is 6.20 Å². The van der Waals surface area contributed by atoms with Gasteiger partial charge in [-0.15, -0.1) is 0 Å². The molecule has 150 valence electrons. The van der Waals surface area contributed by atoms with Crippen molar-refractivity contribution in [2.24, 2.45) is 0 Å². The molecule has 0 saturated carbocycles. The van der Waals surface area contributed by atoms with E-state index in [1.807, 2.05) is 24.3 Å². The third kappa shape index (κ3) is 5.41. The minimum absolute atomic E-state index is 0.202. The molecule has 3 aromatic rings. The number of benzene rings is 2. The van der Waals surface area contributed by atoms with E-state index in [4.69, 9.17) is 4.74 Å². The first-order valence-corrected chi connectivity index (χ1v) is 8.96. The Morgan fingerprint density at radius 3 is 2.69 bits per heavy atom. The molecule has 1 aromatic heterocycles. The van der Waals surface area contributed by atoms with Crippen molar-refractivity contribution in [3.05, 3.63) is 66.1 Å². The molecule has 2 aromatic carbocycles. The summed E-state index contributed by atoms with van der Waals surface area (Å²) in [7, 11) is 0. The number of esters is 1. The molecule has 1 heterocycles. The number of hydrogen-bond acceptors (Lipinski definition) is 4. The molecule has 8 heteroatoms. The number of fused-ring (bicyclic) bond motifs is 1. The molecule has 0 bridgehead atoms. The van der Waals surface area contributed by atoms with Crippen LogP contribution in [0.5, 0.6) is 0 Å². The van der Waals surface area contributed by atoms with Crippen LogP contribution in [-0.4, -0.2) is 35.4 Å². The molecule has 0 aliphatic carbocycles. The summed E-state index contributed by atoms with van der Waals surface area (Å²) in [5.74, 6) is -2.24. The van der Waals surface area contributed by atoms with E-state index in [1.165, 1.54) is 25.1 Å². The largest absolute Gasteiger partial charge is 0.454 e. The van der Waals surface area contributed by atoms with Gasteiger partial charge in [0.1, 0.15) is 11.9 Å². The fourth-order valence-electron chi connectivity index (χ4n) is 2.96. The van der Waals surface area contributed by atoms with E-state index in [-0.39, 0.29) is 12.1 Å². The van der Waals surface area contributed by atoms with Gasteiger partial charge < -0.3 is 20.4 Å². The van der Waals surface area contributed by atoms with Crippen LogP contribution in [0.15, 0.2) is 54.7 Å². The molecule has 0 spiro atoms. The fraction of sp³-hybridized carbons (Fsp3) is 0.190. The van der Waals surface area contributed by atoms with Crippen molar-refractivity contribution >= 4 is 34.4 Å². The molecule has 0 aliphatic rings. The minimum atomic E-state index is -0.950. The number of hydrogen-bond donors (Lipinski definition) is 3. The van der Waals surface area contributed by atoms with E-state index in [0.717, 1.165) is 22.5 Å². The van der Waals surface area contributed by atoms with Gasteiger partial charge in [-0.25, -0.2) is 9.18 Å². The minimum Gasteiger partial charge on any atom is -0.454 e. The van der Waals surface area contributed by atoms with Crippen molar-refractivity contribution in [2.75, 3.05) is 11.9 Å². The van der Waals surface area contributed by atoms with Crippen LogP contribution in [-0.2, 0) is 25.5 Å². The third-order valence-electron chi connectivity index (χ3n) is 4.21. The topological polar surface area (TPSA) is 100 Å². The molecule has 0 saturated heterocycles. The first-order valence-electron chi connectivity index (χ1n) is 8.96. The molecule has 7 nitrogen and oxygen atoms in total. The van der Waals surface area contributed by atoms with Gasteiger partial charge in [-0.2, -0.15) is 0 Å². The molecular formula is C21H20FN3O4. The van der Waals surface area contributed by atoms with Crippen molar-refractivity contribution < 1.29 is 23.5 Å². The van der Waals surface area contributed by atoms with Crippen molar-refractivity contribution in [3.8, 4) is 0 Å². The van der Waals surface area contributed by atoms with E-state index >= 15 is 0 Å². The molecule has 2 amide bonds. The highest BCUT2D eigenvalue weighted by Crippen LogP contribution is 2.19. The van der Waals surface area contributed by atoms with Crippen molar-refractivity contribution in [1.82, 2.24) is 10.3 Å². The van der Waals surface area contributed by atoms with Crippen LogP contribution >= 0.6 is 0 Å². The summed E-state index contributed by atoms with van der Waals surface area (Å²) in [6, 6.07) is 12.0. The van der Waals surface area contributed by atoms with Crippen LogP contribution in [0.3, 0.4) is 0 Å². The van der Waals surface area contributed by atoms with Gasteiger partial charge >= 0.3 is 5.97 Å². The quantitative estimate of drug-likeness (QED) is 0.534. The van der Waals surface area contributed by atoms with Crippen LogP contribution in [0.25, 0.3) is 10.9 Å². The second-order valence-electron chi connectivity index (χ2n) is 6.48. The predicted octanol–water partition coefficient (Wildman–Crippen LogP) is 2.54. The standard InChI is InChI=1S/C21H20FN3O4/c1-13(26)24-19(9-14-11-23-18-8-3-2-7-17(14)18)21(28)29-12-20(27)25-16-6-4-5-15(22)10-16/h2-8,10-11,19,23H,9,12H2,1H3,(H,24,26)(H,25,27)/t19-/m0/s1. The molecule has 0 unspecified atom stereocenters. The van der Waals surface area contributed by atoms with Gasteiger partial charge in [0.15, 0.2) is 6.61 Å². The highest BCUT2D eigenvalue weighted by molar-refractivity contribution is 5.93. The van der Waals surface area contributed by atoms with Crippen molar-refractivity contribution in [1.29, 1.82) is 0 Å². The van der Waals surface area contributed by atoms with Gasteiger partial charge in [0, 0.05) is 36.1 Å². The predicted molar refractivity (Wildman–Crippen MR) is 106 cm³/mol. The van der Waals surface area contributed by atoms with Gasteiger partial charge in [-0.3, -0.25) is 9.59 Å². The van der Waals surface area contributed by atoms with Crippen LogP contribution in [0.1, 0.15) is 12.5 Å². The number of halogens is 1. The Kier molecular flexibility index (Phi) is 6.23. The zero-order chi connectivity index (χ0) is 20.8. The number of para-hydroxylation sites is 1. The molecule has 0 aliphatic heterocycles. The first-order chi connectivity index (χ1) is 13.9. The number of anilines is 1. The summed E-state index contributed by atoms with van der Waals surface area (Å²) in [6.45, 7) is 0.742. The Balaban J connectivity index is 1.63. The normalized spacial score (nSPS) is 11.7. The number of H-pyrrole nitrogens is 1. The monoisotopic (exact) mass is 397 g/mol. The number of rotatable bonds is 7. The molecular weight excluding hydrogens is 377 g/mol. The highest BCUT2D eigenvalue weighted by atomic mass is 19.1. The summed E-state index contributed by atoms with van der Waals surface area (Å²) < 4.78 is 18.2. The van der Waals surface area contributed by atoms with Gasteiger partial charge in [-0.1, -0.05) is 24.3 Å². The van der Waals surface area contributed by atoms with Crippen molar-refractivity contribution in [2.45, 2.75) is 19.4 Å². The maximum atomic E-state index is 13.2. The summed E-state index contributed by atoms with van der Waals surface area (Å²) >= 11 is 0. The van der Waals surface area contributed by atoms with Crippen molar-refractivity contribution in [3.63, 3.8) is 0 Å². The maximum absolute atomic E-state index is 13.2. The Labute approximate surface area is 166 Å². The molecule has 3 N–H and O–H groups in total. The van der Waals surface area contributed by atoms with Gasteiger partial charge in [0.05, 0.1) is 0 Å². The summed E-state index contributed by atoms with van der Waals surface area (Å²) in [5.41, 5.74) is 2.00.